The molecule has 0 radical (unpaired) electrons. The zero-order valence-corrected chi connectivity index (χ0v) is 31.1. The average molecular weight is 684 g/mol. The van der Waals surface area contributed by atoms with Gasteiger partial charge in [0.05, 0.1) is 5.56 Å². The van der Waals surface area contributed by atoms with Gasteiger partial charge in [-0.3, -0.25) is 0 Å². The lowest BCUT2D eigenvalue weighted by Crippen LogP contribution is -2.49. The molecule has 0 saturated heterocycles. The van der Waals surface area contributed by atoms with Crippen molar-refractivity contribution in [3.8, 4) is 0 Å². The first-order valence-corrected chi connectivity index (χ1v) is 15.9. The van der Waals surface area contributed by atoms with Crippen LogP contribution >= 0.6 is 11.8 Å². The quantitative estimate of drug-likeness (QED) is 0.0995. The van der Waals surface area contributed by atoms with E-state index in [0.717, 1.165) is 18.0 Å². The zero-order chi connectivity index (χ0) is 36.9. The third kappa shape index (κ3) is 14.6. The topological polar surface area (TPSA) is 176 Å². The standard InChI is InChI=1S/C31H49N5O10S/c1-27(2,3)42-22(37)34-20(36(25(40)45-30(10,11)12)26(41)46-31(13,14)15)18-17-32-21(47-16)33-19(18)35(23(38)43-28(4,5)6)24(39)44-29(7,8)9/h17H,1-16H3. The fraction of sp³-hybridized carbons (Fsp3) is 0.677. The highest BCUT2D eigenvalue weighted by molar-refractivity contribution is 7.98. The fourth-order valence-corrected chi connectivity index (χ4v) is 3.45. The van der Waals surface area contributed by atoms with E-state index in [-0.39, 0.29) is 5.16 Å². The maximum atomic E-state index is 13.7. The zero-order valence-electron chi connectivity index (χ0n) is 30.3. The van der Waals surface area contributed by atoms with Crippen LogP contribution in [0.5, 0.6) is 0 Å². The molecule has 0 aliphatic carbocycles. The summed E-state index contributed by atoms with van der Waals surface area (Å²) in [5, 5.41) is 0.0542. The van der Waals surface area contributed by atoms with Crippen LogP contribution in [-0.4, -0.2) is 85.4 Å². The van der Waals surface area contributed by atoms with Gasteiger partial charge in [0.2, 0.25) is 0 Å². The van der Waals surface area contributed by atoms with E-state index in [0.29, 0.717) is 9.80 Å². The van der Waals surface area contributed by atoms with Crippen molar-refractivity contribution < 1.29 is 47.7 Å². The summed E-state index contributed by atoms with van der Waals surface area (Å²) in [4.78, 5) is 81.4. The molecule has 0 N–H and O–H groups in total. The molecule has 16 heteroatoms. The van der Waals surface area contributed by atoms with E-state index in [2.05, 4.69) is 15.0 Å². The van der Waals surface area contributed by atoms with Crippen LogP contribution in [0, 0.1) is 0 Å². The Hall–Kier alpha value is -3.95. The molecular formula is C31H49N5O10S. The average Bonchev–Trinajstić information content (AvgIpc) is 2.77. The largest absolute Gasteiger partial charge is 0.443 e. The number of nitrogens with zero attached hydrogens (tertiary/aromatic N) is 5. The van der Waals surface area contributed by atoms with Gasteiger partial charge in [0.15, 0.2) is 16.8 Å². The molecule has 0 spiro atoms. The van der Waals surface area contributed by atoms with E-state index < -0.39 is 75.7 Å². The molecule has 1 aromatic heterocycles. The van der Waals surface area contributed by atoms with Gasteiger partial charge in [-0.25, -0.2) is 33.9 Å². The molecule has 1 heterocycles. The number of hydrogen-bond donors (Lipinski definition) is 0. The normalized spacial score (nSPS) is 12.9. The predicted octanol–water partition coefficient (Wildman–Crippen LogP) is 7.73. The van der Waals surface area contributed by atoms with E-state index in [1.54, 1.807) is 110 Å². The minimum absolute atomic E-state index is 0.0542. The number of carbonyl (C=O) groups excluding carboxylic acids is 5. The minimum Gasteiger partial charge on any atom is -0.443 e. The first-order valence-electron chi connectivity index (χ1n) is 14.7. The van der Waals surface area contributed by atoms with Crippen molar-refractivity contribution in [3.05, 3.63) is 11.8 Å². The first kappa shape index (κ1) is 41.1. The van der Waals surface area contributed by atoms with Crippen LogP contribution in [0.3, 0.4) is 0 Å². The van der Waals surface area contributed by atoms with Crippen molar-refractivity contribution in [2.45, 2.75) is 137 Å². The smallest absolute Gasteiger partial charge is 0.436 e. The third-order valence-electron chi connectivity index (χ3n) is 4.49. The summed E-state index contributed by atoms with van der Waals surface area (Å²) in [5.41, 5.74) is -5.97. The van der Waals surface area contributed by atoms with Crippen molar-refractivity contribution in [2.75, 3.05) is 11.2 Å². The number of ether oxygens (including phenoxy) is 5. The van der Waals surface area contributed by atoms with Gasteiger partial charge < -0.3 is 23.7 Å². The number of carbonyl (C=O) groups is 5. The van der Waals surface area contributed by atoms with Crippen molar-refractivity contribution >= 4 is 53.9 Å². The molecule has 264 valence electrons. The van der Waals surface area contributed by atoms with Gasteiger partial charge >= 0.3 is 30.5 Å². The van der Waals surface area contributed by atoms with Gasteiger partial charge in [-0.05, 0) is 110 Å². The third-order valence-corrected chi connectivity index (χ3v) is 5.05. The van der Waals surface area contributed by atoms with Gasteiger partial charge in [0.1, 0.15) is 28.0 Å². The van der Waals surface area contributed by atoms with E-state index in [1.807, 2.05) is 0 Å². The monoisotopic (exact) mass is 683 g/mol. The highest BCUT2D eigenvalue weighted by Gasteiger charge is 2.42. The molecule has 0 atom stereocenters. The lowest BCUT2D eigenvalue weighted by atomic mass is 10.2. The van der Waals surface area contributed by atoms with Crippen LogP contribution in [0.4, 0.5) is 29.8 Å². The van der Waals surface area contributed by atoms with Crippen molar-refractivity contribution in [3.63, 3.8) is 0 Å². The molecule has 0 fully saturated rings. The van der Waals surface area contributed by atoms with E-state index >= 15 is 0 Å². The maximum Gasteiger partial charge on any atom is 0.436 e. The number of amides is 5. The van der Waals surface area contributed by atoms with E-state index in [9.17, 15) is 24.0 Å². The summed E-state index contributed by atoms with van der Waals surface area (Å²) in [6.45, 7) is 23.5. The predicted molar refractivity (Wildman–Crippen MR) is 176 cm³/mol. The van der Waals surface area contributed by atoms with Crippen molar-refractivity contribution in [1.29, 1.82) is 0 Å². The Labute approximate surface area is 281 Å². The van der Waals surface area contributed by atoms with Crippen LogP contribution < -0.4 is 4.90 Å². The summed E-state index contributed by atoms with van der Waals surface area (Å²) in [6, 6.07) is 0. The lowest BCUT2D eigenvalue weighted by Gasteiger charge is -2.31. The summed E-state index contributed by atoms with van der Waals surface area (Å²) in [5.74, 6) is -1.31. The Morgan fingerprint density at radius 1 is 0.617 bits per heavy atom. The first-order chi connectivity index (χ1) is 20.9. The summed E-state index contributed by atoms with van der Waals surface area (Å²) >= 11 is 1.05. The van der Waals surface area contributed by atoms with Crippen LogP contribution in [0.2, 0.25) is 0 Å². The van der Waals surface area contributed by atoms with Crippen LogP contribution in [0.25, 0.3) is 0 Å². The summed E-state index contributed by atoms with van der Waals surface area (Å²) < 4.78 is 27.4. The van der Waals surface area contributed by atoms with E-state index in [4.69, 9.17) is 23.7 Å². The molecule has 0 aliphatic rings. The fourth-order valence-electron chi connectivity index (χ4n) is 3.11. The number of rotatable bonds is 3. The summed E-state index contributed by atoms with van der Waals surface area (Å²) in [6.07, 6.45) is -3.61. The second-order valence-corrected chi connectivity index (χ2v) is 15.9. The Bertz CT molecular complexity index is 1320. The number of anilines is 1. The van der Waals surface area contributed by atoms with Gasteiger partial charge in [0, 0.05) is 6.20 Å². The number of amidine groups is 1. The Morgan fingerprint density at radius 3 is 1.32 bits per heavy atom. The molecule has 0 aliphatic heterocycles. The molecular weight excluding hydrogens is 634 g/mol. The number of thioether (sulfide) groups is 1. The number of aromatic nitrogens is 2. The Kier molecular flexibility index (Phi) is 13.0. The molecule has 15 nitrogen and oxygen atoms in total. The molecule has 0 bridgehead atoms. The molecule has 0 aromatic carbocycles. The molecule has 47 heavy (non-hydrogen) atoms. The Morgan fingerprint density at radius 2 is 0.979 bits per heavy atom. The lowest BCUT2D eigenvalue weighted by molar-refractivity contribution is 0.0147. The number of aliphatic imine (C=N–C) groups is 1. The van der Waals surface area contributed by atoms with E-state index in [1.165, 1.54) is 0 Å². The van der Waals surface area contributed by atoms with Gasteiger partial charge in [0.25, 0.3) is 0 Å². The minimum atomic E-state index is -1.31. The van der Waals surface area contributed by atoms with Crippen molar-refractivity contribution in [2.24, 2.45) is 4.99 Å². The molecule has 1 aromatic rings. The number of imide groups is 2. The highest BCUT2D eigenvalue weighted by atomic mass is 32.2. The van der Waals surface area contributed by atoms with Crippen molar-refractivity contribution in [1.82, 2.24) is 14.9 Å². The molecule has 1 rings (SSSR count). The Balaban J connectivity index is 4.38. The highest BCUT2D eigenvalue weighted by Crippen LogP contribution is 2.29. The summed E-state index contributed by atoms with van der Waals surface area (Å²) in [7, 11) is 0. The number of hydrogen-bond acceptors (Lipinski definition) is 13. The SMILES string of the molecule is CSc1ncc(C(=NC(=O)OC(C)(C)C)N(C(=O)OC(C)(C)C)C(=O)OC(C)(C)C)c(N(C(=O)OC(C)(C)C)C(=O)OC(C)(C)C)n1. The maximum absolute atomic E-state index is 13.7. The van der Waals surface area contributed by atoms with Gasteiger partial charge in [-0.2, -0.15) is 14.8 Å². The van der Waals surface area contributed by atoms with Crippen LogP contribution in [-0.2, 0) is 23.7 Å². The van der Waals surface area contributed by atoms with Gasteiger partial charge in [-0.15, -0.1) is 0 Å². The second-order valence-electron chi connectivity index (χ2n) is 15.1. The van der Waals surface area contributed by atoms with Gasteiger partial charge in [-0.1, -0.05) is 11.8 Å². The molecule has 5 amide bonds. The molecule has 0 unspecified atom stereocenters. The van der Waals surface area contributed by atoms with Crippen LogP contribution in [0.1, 0.15) is 109 Å². The van der Waals surface area contributed by atoms with Crippen LogP contribution in [0.15, 0.2) is 16.3 Å². The molecule has 0 saturated carbocycles. The second kappa shape index (κ2) is 14.9.